The second kappa shape index (κ2) is 4.84. The fourth-order valence-electron chi connectivity index (χ4n) is 1.65. The van der Waals surface area contributed by atoms with E-state index in [2.05, 4.69) is 0 Å². The summed E-state index contributed by atoms with van der Waals surface area (Å²) in [5.41, 5.74) is -0.517. The molecule has 0 aromatic heterocycles. The zero-order valence-corrected chi connectivity index (χ0v) is 9.81. The van der Waals surface area contributed by atoms with Gasteiger partial charge in [0.1, 0.15) is 5.82 Å². The van der Waals surface area contributed by atoms with E-state index in [0.717, 1.165) is 12.1 Å². The molecule has 2 aromatic rings. The number of carbonyl (C=O) groups is 1. The number of halogens is 4. The molecule has 2 rings (SSSR count). The number of rotatable bonds is 2. The van der Waals surface area contributed by atoms with Crippen molar-refractivity contribution in [2.24, 2.45) is 0 Å². The van der Waals surface area contributed by atoms with E-state index in [-0.39, 0.29) is 0 Å². The lowest BCUT2D eigenvalue weighted by Gasteiger charge is -2.06. The van der Waals surface area contributed by atoms with Gasteiger partial charge in [0.05, 0.1) is 11.1 Å². The predicted molar refractivity (Wildman–Crippen MR) is 60.9 cm³/mol. The summed E-state index contributed by atoms with van der Waals surface area (Å²) in [4.78, 5) is 11.9. The summed E-state index contributed by atoms with van der Waals surface area (Å²) in [5.74, 6) is -6.65. The first-order valence-electron chi connectivity index (χ1n) is 5.36. The molecule has 98 valence electrons. The average Bonchev–Trinajstić information content (AvgIpc) is 2.35. The molecule has 0 N–H and O–H groups in total. The monoisotopic (exact) mass is 268 g/mol. The summed E-state index contributed by atoms with van der Waals surface area (Å²) < 4.78 is 52.8. The second-order valence-corrected chi connectivity index (χ2v) is 4.04. The summed E-state index contributed by atoms with van der Waals surface area (Å²) in [6, 6.07) is 5.15. The number of carbonyl (C=O) groups excluding carboxylic acids is 1. The van der Waals surface area contributed by atoms with Gasteiger partial charge in [0.25, 0.3) is 0 Å². The van der Waals surface area contributed by atoms with Gasteiger partial charge in [0.2, 0.25) is 0 Å². The molecular formula is C14H8F4O. The van der Waals surface area contributed by atoms with Gasteiger partial charge in [-0.3, -0.25) is 4.79 Å². The van der Waals surface area contributed by atoms with Crippen LogP contribution in [0.1, 0.15) is 21.5 Å². The largest absolute Gasteiger partial charge is 0.288 e. The SMILES string of the molecule is Cc1ccc(C(=O)c2ccc(F)c(F)c2F)c(F)c1. The normalized spacial score (nSPS) is 10.6. The highest BCUT2D eigenvalue weighted by Gasteiger charge is 2.21. The summed E-state index contributed by atoms with van der Waals surface area (Å²) in [7, 11) is 0. The number of hydrogen-bond donors (Lipinski definition) is 0. The fraction of sp³-hybridized carbons (Fsp3) is 0.0714. The molecule has 0 saturated carbocycles. The Morgan fingerprint density at radius 3 is 2.11 bits per heavy atom. The van der Waals surface area contributed by atoms with E-state index in [9.17, 15) is 22.4 Å². The molecule has 0 bridgehead atoms. The lowest BCUT2D eigenvalue weighted by Crippen LogP contribution is -2.09. The van der Waals surface area contributed by atoms with Crippen LogP contribution in [0.5, 0.6) is 0 Å². The number of ketones is 1. The van der Waals surface area contributed by atoms with Crippen LogP contribution in [0.25, 0.3) is 0 Å². The molecule has 1 nitrogen and oxygen atoms in total. The van der Waals surface area contributed by atoms with Gasteiger partial charge >= 0.3 is 0 Å². The summed E-state index contributed by atoms with van der Waals surface area (Å²) in [5, 5.41) is 0. The molecule has 19 heavy (non-hydrogen) atoms. The molecule has 0 aliphatic rings. The van der Waals surface area contributed by atoms with Crippen LogP contribution in [0, 0.1) is 30.2 Å². The van der Waals surface area contributed by atoms with E-state index in [4.69, 9.17) is 0 Å². The molecule has 0 unspecified atom stereocenters. The molecule has 0 spiro atoms. The lowest BCUT2D eigenvalue weighted by molar-refractivity contribution is 0.103. The van der Waals surface area contributed by atoms with Crippen LogP contribution >= 0.6 is 0 Å². The van der Waals surface area contributed by atoms with Crippen molar-refractivity contribution in [3.8, 4) is 0 Å². The molecule has 0 amide bonds. The van der Waals surface area contributed by atoms with Crippen molar-refractivity contribution in [1.82, 2.24) is 0 Å². The van der Waals surface area contributed by atoms with Gasteiger partial charge < -0.3 is 0 Å². The smallest absolute Gasteiger partial charge is 0.199 e. The van der Waals surface area contributed by atoms with Crippen molar-refractivity contribution < 1.29 is 22.4 Å². The van der Waals surface area contributed by atoms with E-state index in [1.807, 2.05) is 0 Å². The second-order valence-electron chi connectivity index (χ2n) is 4.04. The van der Waals surface area contributed by atoms with Gasteiger partial charge in [-0.05, 0) is 36.8 Å². The lowest BCUT2D eigenvalue weighted by atomic mass is 10.0. The van der Waals surface area contributed by atoms with Gasteiger partial charge in [0.15, 0.2) is 23.2 Å². The van der Waals surface area contributed by atoms with Crippen LogP contribution in [0.3, 0.4) is 0 Å². The highest BCUT2D eigenvalue weighted by molar-refractivity contribution is 6.09. The summed E-state index contributed by atoms with van der Waals surface area (Å²) in [6.07, 6.45) is 0. The molecule has 0 heterocycles. The highest BCUT2D eigenvalue weighted by atomic mass is 19.2. The third-order valence-electron chi connectivity index (χ3n) is 2.65. The van der Waals surface area contributed by atoms with Gasteiger partial charge in [-0.1, -0.05) is 6.07 Å². The number of benzene rings is 2. The van der Waals surface area contributed by atoms with Gasteiger partial charge in [-0.2, -0.15) is 0 Å². The van der Waals surface area contributed by atoms with Crippen molar-refractivity contribution in [3.05, 3.63) is 70.3 Å². The fourth-order valence-corrected chi connectivity index (χ4v) is 1.65. The van der Waals surface area contributed by atoms with E-state index >= 15 is 0 Å². The Morgan fingerprint density at radius 1 is 0.842 bits per heavy atom. The topological polar surface area (TPSA) is 17.1 Å². The molecule has 5 heteroatoms. The van der Waals surface area contributed by atoms with Crippen LogP contribution in [-0.4, -0.2) is 5.78 Å². The molecule has 0 aliphatic heterocycles. The van der Waals surface area contributed by atoms with E-state index < -0.39 is 40.2 Å². The Bertz CT molecular complexity index is 665. The third-order valence-corrected chi connectivity index (χ3v) is 2.65. The maximum absolute atomic E-state index is 13.6. The van der Waals surface area contributed by atoms with Gasteiger partial charge in [-0.25, -0.2) is 17.6 Å². The predicted octanol–water partition coefficient (Wildman–Crippen LogP) is 3.78. The van der Waals surface area contributed by atoms with Crippen molar-refractivity contribution in [1.29, 1.82) is 0 Å². The first-order chi connectivity index (χ1) is 8.91. The first kappa shape index (κ1) is 13.3. The molecule has 0 fully saturated rings. The van der Waals surface area contributed by atoms with E-state index in [1.54, 1.807) is 6.92 Å². The molecular weight excluding hydrogens is 260 g/mol. The van der Waals surface area contributed by atoms with Crippen LogP contribution < -0.4 is 0 Å². The van der Waals surface area contributed by atoms with Crippen LogP contribution in [-0.2, 0) is 0 Å². The van der Waals surface area contributed by atoms with Crippen LogP contribution in [0.15, 0.2) is 30.3 Å². The van der Waals surface area contributed by atoms with Crippen LogP contribution in [0.4, 0.5) is 17.6 Å². The summed E-state index contributed by atoms with van der Waals surface area (Å²) in [6.45, 7) is 1.62. The minimum atomic E-state index is -1.75. The van der Waals surface area contributed by atoms with Crippen molar-refractivity contribution >= 4 is 5.78 Å². The zero-order chi connectivity index (χ0) is 14.2. The summed E-state index contributed by atoms with van der Waals surface area (Å²) >= 11 is 0. The Hall–Kier alpha value is -2.17. The minimum absolute atomic E-state index is 0.393. The van der Waals surface area contributed by atoms with Crippen molar-refractivity contribution in [3.63, 3.8) is 0 Å². The van der Waals surface area contributed by atoms with E-state index in [1.165, 1.54) is 12.1 Å². The van der Waals surface area contributed by atoms with Crippen molar-refractivity contribution in [2.45, 2.75) is 6.92 Å². The third kappa shape index (κ3) is 2.36. The molecule has 0 aliphatic carbocycles. The standard InChI is InChI=1S/C14H8F4O/c1-7-2-3-8(11(16)6-7)14(19)9-4-5-10(15)13(18)12(9)17/h2-6H,1H3. The Labute approximate surface area is 106 Å². The average molecular weight is 268 g/mol. The maximum Gasteiger partial charge on any atom is 0.199 e. The molecule has 0 saturated heterocycles. The van der Waals surface area contributed by atoms with E-state index in [0.29, 0.717) is 11.6 Å². The van der Waals surface area contributed by atoms with Crippen LogP contribution in [0.2, 0.25) is 0 Å². The molecule has 2 aromatic carbocycles. The number of hydrogen-bond acceptors (Lipinski definition) is 1. The quantitative estimate of drug-likeness (QED) is 0.460. The maximum atomic E-state index is 13.6. The Kier molecular flexibility index (Phi) is 3.38. The first-order valence-corrected chi connectivity index (χ1v) is 5.36. The Balaban J connectivity index is 2.53. The zero-order valence-electron chi connectivity index (χ0n) is 9.81. The highest BCUT2D eigenvalue weighted by Crippen LogP contribution is 2.20. The van der Waals surface area contributed by atoms with Gasteiger partial charge in [-0.15, -0.1) is 0 Å². The van der Waals surface area contributed by atoms with Crippen molar-refractivity contribution in [2.75, 3.05) is 0 Å². The number of aryl methyl sites for hydroxylation is 1. The molecule has 0 atom stereocenters. The van der Waals surface area contributed by atoms with Gasteiger partial charge in [0, 0.05) is 0 Å². The minimum Gasteiger partial charge on any atom is -0.288 e. The Morgan fingerprint density at radius 2 is 1.47 bits per heavy atom. The molecule has 0 radical (unpaired) electrons.